The number of rotatable bonds is 3. The number of nitrogens with two attached hydrogens (primary N) is 1. The zero-order valence-electron chi connectivity index (χ0n) is 8.68. The van der Waals surface area contributed by atoms with Crippen LogP contribution in [0.15, 0.2) is 36.7 Å². The first kappa shape index (κ1) is 10.1. The molecule has 0 aliphatic heterocycles. The highest BCUT2D eigenvalue weighted by atomic mass is 16.5. The highest BCUT2D eigenvalue weighted by molar-refractivity contribution is 5.85. The SMILES string of the molecule is COCC(N)c1cccc2ccncc12. The third-order valence-corrected chi connectivity index (χ3v) is 2.46. The number of benzene rings is 1. The maximum absolute atomic E-state index is 6.02. The van der Waals surface area contributed by atoms with Crippen LogP contribution in [-0.4, -0.2) is 18.7 Å². The molecule has 0 spiro atoms. The Kier molecular flexibility index (Phi) is 2.94. The van der Waals surface area contributed by atoms with Gasteiger partial charge >= 0.3 is 0 Å². The number of aromatic nitrogens is 1. The number of hydrogen-bond acceptors (Lipinski definition) is 3. The molecular formula is C12H14N2O. The van der Waals surface area contributed by atoms with E-state index in [0.717, 1.165) is 16.3 Å². The normalized spacial score (nSPS) is 12.9. The van der Waals surface area contributed by atoms with Crippen molar-refractivity contribution in [3.05, 3.63) is 42.2 Å². The summed E-state index contributed by atoms with van der Waals surface area (Å²) in [4.78, 5) is 4.12. The van der Waals surface area contributed by atoms with E-state index in [1.165, 1.54) is 0 Å². The largest absolute Gasteiger partial charge is 0.383 e. The smallest absolute Gasteiger partial charge is 0.0655 e. The fourth-order valence-electron chi connectivity index (χ4n) is 1.73. The second-order valence-electron chi connectivity index (χ2n) is 3.51. The van der Waals surface area contributed by atoms with Crippen molar-refractivity contribution in [3.8, 4) is 0 Å². The molecule has 2 aromatic rings. The molecular weight excluding hydrogens is 188 g/mol. The second kappa shape index (κ2) is 4.38. The van der Waals surface area contributed by atoms with Crippen LogP contribution in [0.1, 0.15) is 11.6 Å². The van der Waals surface area contributed by atoms with Gasteiger partial charge in [-0.25, -0.2) is 0 Å². The summed E-state index contributed by atoms with van der Waals surface area (Å²) < 4.78 is 5.06. The van der Waals surface area contributed by atoms with E-state index in [4.69, 9.17) is 10.5 Å². The Morgan fingerprint density at radius 3 is 3.07 bits per heavy atom. The van der Waals surface area contributed by atoms with Crippen molar-refractivity contribution in [2.45, 2.75) is 6.04 Å². The van der Waals surface area contributed by atoms with Gasteiger partial charge in [0.1, 0.15) is 0 Å². The first-order valence-electron chi connectivity index (χ1n) is 4.90. The Morgan fingerprint density at radius 1 is 1.40 bits per heavy atom. The summed E-state index contributed by atoms with van der Waals surface area (Å²) in [5.41, 5.74) is 7.10. The van der Waals surface area contributed by atoms with Crippen LogP contribution in [0.4, 0.5) is 0 Å². The molecule has 15 heavy (non-hydrogen) atoms. The van der Waals surface area contributed by atoms with Crippen molar-refractivity contribution in [2.75, 3.05) is 13.7 Å². The van der Waals surface area contributed by atoms with Gasteiger partial charge in [-0.2, -0.15) is 0 Å². The van der Waals surface area contributed by atoms with Crippen LogP contribution in [0.3, 0.4) is 0 Å². The highest BCUT2D eigenvalue weighted by Gasteiger charge is 2.08. The fourth-order valence-corrected chi connectivity index (χ4v) is 1.73. The molecule has 1 heterocycles. The van der Waals surface area contributed by atoms with E-state index in [-0.39, 0.29) is 6.04 Å². The average Bonchev–Trinajstić information content (AvgIpc) is 2.28. The Balaban J connectivity index is 2.50. The lowest BCUT2D eigenvalue weighted by molar-refractivity contribution is 0.181. The Bertz CT molecular complexity index is 451. The second-order valence-corrected chi connectivity index (χ2v) is 3.51. The first-order valence-corrected chi connectivity index (χ1v) is 4.90. The van der Waals surface area contributed by atoms with Crippen molar-refractivity contribution in [3.63, 3.8) is 0 Å². The molecule has 1 atom stereocenters. The molecule has 2 rings (SSSR count). The van der Waals surface area contributed by atoms with Gasteiger partial charge in [0.2, 0.25) is 0 Å². The lowest BCUT2D eigenvalue weighted by Crippen LogP contribution is -2.16. The van der Waals surface area contributed by atoms with Gasteiger partial charge in [0.05, 0.1) is 12.6 Å². The molecule has 1 unspecified atom stereocenters. The average molecular weight is 202 g/mol. The van der Waals surface area contributed by atoms with E-state index in [9.17, 15) is 0 Å². The monoisotopic (exact) mass is 202 g/mol. The van der Waals surface area contributed by atoms with Crippen LogP contribution in [0.2, 0.25) is 0 Å². The van der Waals surface area contributed by atoms with E-state index < -0.39 is 0 Å². The first-order chi connectivity index (χ1) is 7.33. The molecule has 0 amide bonds. The zero-order chi connectivity index (χ0) is 10.7. The predicted molar refractivity (Wildman–Crippen MR) is 60.5 cm³/mol. The third-order valence-electron chi connectivity index (χ3n) is 2.46. The standard InChI is InChI=1S/C12H14N2O/c1-15-8-12(13)10-4-2-3-9-5-6-14-7-11(9)10/h2-7,12H,8,13H2,1H3. The molecule has 0 saturated heterocycles. The number of methoxy groups -OCH3 is 1. The van der Waals surface area contributed by atoms with Crippen molar-refractivity contribution in [1.82, 2.24) is 4.98 Å². The lowest BCUT2D eigenvalue weighted by Gasteiger charge is -2.13. The topological polar surface area (TPSA) is 48.1 Å². The lowest BCUT2D eigenvalue weighted by atomic mass is 10.0. The Hall–Kier alpha value is -1.45. The van der Waals surface area contributed by atoms with E-state index in [0.29, 0.717) is 6.61 Å². The molecule has 3 heteroatoms. The van der Waals surface area contributed by atoms with Crippen LogP contribution in [0.25, 0.3) is 10.8 Å². The van der Waals surface area contributed by atoms with Gasteiger partial charge < -0.3 is 10.5 Å². The number of fused-ring (bicyclic) bond motifs is 1. The summed E-state index contributed by atoms with van der Waals surface area (Å²) >= 11 is 0. The maximum atomic E-state index is 6.02. The number of nitrogens with zero attached hydrogens (tertiary/aromatic N) is 1. The summed E-state index contributed by atoms with van der Waals surface area (Å²) in [6.07, 6.45) is 3.63. The number of pyridine rings is 1. The minimum Gasteiger partial charge on any atom is -0.383 e. The molecule has 78 valence electrons. The van der Waals surface area contributed by atoms with Crippen LogP contribution >= 0.6 is 0 Å². The zero-order valence-corrected chi connectivity index (χ0v) is 8.68. The fraction of sp³-hybridized carbons (Fsp3) is 0.250. The van der Waals surface area contributed by atoms with Crippen LogP contribution in [-0.2, 0) is 4.74 Å². The van der Waals surface area contributed by atoms with E-state index in [2.05, 4.69) is 11.1 Å². The van der Waals surface area contributed by atoms with Gasteiger partial charge in [0, 0.05) is 24.9 Å². The minimum atomic E-state index is -0.0945. The number of ether oxygens (including phenoxy) is 1. The van der Waals surface area contributed by atoms with Crippen LogP contribution in [0, 0.1) is 0 Å². The van der Waals surface area contributed by atoms with Crippen molar-refractivity contribution in [2.24, 2.45) is 5.73 Å². The summed E-state index contributed by atoms with van der Waals surface area (Å²) in [6.45, 7) is 0.522. The van der Waals surface area contributed by atoms with Crippen LogP contribution < -0.4 is 5.73 Å². The van der Waals surface area contributed by atoms with Crippen molar-refractivity contribution in [1.29, 1.82) is 0 Å². The van der Waals surface area contributed by atoms with E-state index in [1.807, 2.05) is 24.4 Å². The van der Waals surface area contributed by atoms with Crippen LogP contribution in [0.5, 0.6) is 0 Å². The summed E-state index contributed by atoms with van der Waals surface area (Å²) in [5, 5.41) is 2.26. The van der Waals surface area contributed by atoms with Crippen molar-refractivity contribution < 1.29 is 4.74 Å². The van der Waals surface area contributed by atoms with E-state index in [1.54, 1.807) is 13.3 Å². The minimum absolute atomic E-state index is 0.0945. The van der Waals surface area contributed by atoms with Gasteiger partial charge in [-0.15, -0.1) is 0 Å². The van der Waals surface area contributed by atoms with E-state index >= 15 is 0 Å². The molecule has 0 radical (unpaired) electrons. The van der Waals surface area contributed by atoms with Gasteiger partial charge in [0.15, 0.2) is 0 Å². The molecule has 1 aromatic heterocycles. The predicted octanol–water partition coefficient (Wildman–Crippen LogP) is 1.88. The molecule has 3 nitrogen and oxygen atoms in total. The molecule has 1 aromatic carbocycles. The Labute approximate surface area is 88.9 Å². The third kappa shape index (κ3) is 1.98. The molecule has 0 aliphatic carbocycles. The Morgan fingerprint density at radius 2 is 2.27 bits per heavy atom. The van der Waals surface area contributed by atoms with Gasteiger partial charge in [0.25, 0.3) is 0 Å². The highest BCUT2D eigenvalue weighted by Crippen LogP contribution is 2.22. The maximum Gasteiger partial charge on any atom is 0.0655 e. The quantitative estimate of drug-likeness (QED) is 0.826. The summed E-state index contributed by atoms with van der Waals surface area (Å²) in [5.74, 6) is 0. The number of hydrogen-bond donors (Lipinski definition) is 1. The van der Waals surface area contributed by atoms with Gasteiger partial charge in [-0.3, -0.25) is 4.98 Å². The molecule has 0 bridgehead atoms. The molecule has 2 N–H and O–H groups in total. The summed E-state index contributed by atoms with van der Waals surface area (Å²) in [6, 6.07) is 7.97. The summed E-state index contributed by atoms with van der Waals surface area (Å²) in [7, 11) is 1.66. The molecule has 0 fully saturated rings. The van der Waals surface area contributed by atoms with Gasteiger partial charge in [-0.1, -0.05) is 18.2 Å². The van der Waals surface area contributed by atoms with Gasteiger partial charge in [-0.05, 0) is 17.0 Å². The van der Waals surface area contributed by atoms with Crippen molar-refractivity contribution >= 4 is 10.8 Å². The molecule has 0 aliphatic rings. The molecule has 0 saturated carbocycles.